The van der Waals surface area contributed by atoms with Gasteiger partial charge < -0.3 is 15.4 Å². The average Bonchev–Trinajstić information content (AvgIpc) is 3.48. The number of halogens is 4. The average molecular weight is 509 g/mol. The molecule has 1 amide bonds. The van der Waals surface area contributed by atoms with Crippen molar-refractivity contribution in [1.82, 2.24) is 29.9 Å². The molecular weight excluding hydrogens is 486 g/mol. The number of nitrogens with zero attached hydrogens (tertiary/aromatic N) is 4. The zero-order chi connectivity index (χ0) is 25.1. The number of hydrogen-bond acceptors (Lipinski definition) is 7. The Morgan fingerprint density at radius 2 is 2.08 bits per heavy atom. The molecule has 36 heavy (non-hydrogen) atoms. The van der Waals surface area contributed by atoms with Gasteiger partial charge in [0.2, 0.25) is 5.95 Å². The summed E-state index contributed by atoms with van der Waals surface area (Å²) in [6, 6.07) is 3.17. The maximum absolute atomic E-state index is 15.2. The number of aromatic amines is 1. The number of imidazole rings is 1. The van der Waals surface area contributed by atoms with E-state index in [-0.39, 0.29) is 17.2 Å². The highest BCUT2D eigenvalue weighted by atomic mass is 19.4. The standard InChI is InChI=1S/C22H23F4N7O3/c23-18-13(1-2-15(18)36-20(34)30-21-6-11(7-21)8-21)14-5-16(32-31-14)29-19-27-4-3-17-28-12(9-33(17)19)10-35-22(24,25)26/h3-5,9,11,13,15,18H,1-2,6-8,10H2,(H,30,34)(H2,27,29,31,32)/t11?,13-,15-,18-,21?/m1/s1. The van der Waals surface area contributed by atoms with Gasteiger partial charge in [0.15, 0.2) is 5.82 Å². The van der Waals surface area contributed by atoms with Gasteiger partial charge in [0.25, 0.3) is 0 Å². The van der Waals surface area contributed by atoms with E-state index in [0.29, 0.717) is 35.9 Å². The van der Waals surface area contributed by atoms with Gasteiger partial charge in [-0.2, -0.15) is 5.10 Å². The SMILES string of the molecule is O=C(NC12CC(C1)C2)O[C@@H]1CC[C@H](c2cc(Nc3nccc4nc(COC(F)(F)F)cn34)n[nH]2)[C@H]1F. The predicted molar refractivity (Wildman–Crippen MR) is 116 cm³/mol. The number of hydrogen-bond donors (Lipinski definition) is 3. The van der Waals surface area contributed by atoms with Gasteiger partial charge in [-0.3, -0.25) is 14.2 Å². The normalized spacial score (nSPS) is 29.0. The molecule has 2 bridgehead atoms. The van der Waals surface area contributed by atoms with Crippen LogP contribution in [0.2, 0.25) is 0 Å². The van der Waals surface area contributed by atoms with Crippen molar-refractivity contribution in [3.63, 3.8) is 0 Å². The molecule has 0 saturated heterocycles. The summed E-state index contributed by atoms with van der Waals surface area (Å²) in [5.41, 5.74) is 0.837. The summed E-state index contributed by atoms with van der Waals surface area (Å²) in [6.45, 7) is -0.737. The van der Waals surface area contributed by atoms with Crippen LogP contribution in [0.3, 0.4) is 0 Å². The molecule has 0 aromatic carbocycles. The quantitative estimate of drug-likeness (QED) is 0.411. The van der Waals surface area contributed by atoms with Crippen LogP contribution >= 0.6 is 0 Å². The van der Waals surface area contributed by atoms with Crippen LogP contribution in [-0.2, 0) is 16.1 Å². The highest BCUT2D eigenvalue weighted by Crippen LogP contribution is 2.57. The maximum Gasteiger partial charge on any atom is 0.522 e. The highest BCUT2D eigenvalue weighted by Gasteiger charge is 2.58. The molecule has 4 fully saturated rings. The maximum atomic E-state index is 15.2. The van der Waals surface area contributed by atoms with E-state index >= 15 is 4.39 Å². The van der Waals surface area contributed by atoms with Crippen molar-refractivity contribution in [2.75, 3.05) is 5.32 Å². The van der Waals surface area contributed by atoms with E-state index in [1.165, 1.54) is 22.9 Å². The molecule has 0 radical (unpaired) electrons. The smallest absolute Gasteiger partial charge is 0.443 e. The van der Waals surface area contributed by atoms with E-state index in [0.717, 1.165) is 19.3 Å². The van der Waals surface area contributed by atoms with Crippen LogP contribution in [0.25, 0.3) is 5.65 Å². The molecule has 3 aromatic rings. The molecule has 0 unspecified atom stereocenters. The lowest BCUT2D eigenvalue weighted by Gasteiger charge is -2.61. The van der Waals surface area contributed by atoms with Gasteiger partial charge in [-0.25, -0.2) is 19.2 Å². The zero-order valence-corrected chi connectivity index (χ0v) is 18.9. The first-order chi connectivity index (χ1) is 17.2. The molecule has 3 heterocycles. The second-order valence-electron chi connectivity index (χ2n) is 9.75. The molecule has 7 rings (SSSR count). The van der Waals surface area contributed by atoms with E-state index in [4.69, 9.17) is 4.74 Å². The Balaban J connectivity index is 1.09. The third-order valence-corrected chi connectivity index (χ3v) is 7.22. The number of alkyl halides is 4. The summed E-state index contributed by atoms with van der Waals surface area (Å²) < 4.78 is 62.9. The van der Waals surface area contributed by atoms with Crippen LogP contribution in [0.5, 0.6) is 0 Å². The zero-order valence-electron chi connectivity index (χ0n) is 18.9. The van der Waals surface area contributed by atoms with Crippen molar-refractivity contribution >= 4 is 23.5 Å². The highest BCUT2D eigenvalue weighted by molar-refractivity contribution is 5.69. The Bertz CT molecular complexity index is 1280. The number of nitrogens with one attached hydrogen (secondary N) is 3. The lowest BCUT2D eigenvalue weighted by molar-refractivity contribution is -0.330. The Morgan fingerprint density at radius 1 is 1.28 bits per heavy atom. The monoisotopic (exact) mass is 509 g/mol. The van der Waals surface area contributed by atoms with Crippen molar-refractivity contribution in [1.29, 1.82) is 0 Å². The molecule has 4 aliphatic rings. The number of rotatable bonds is 7. The van der Waals surface area contributed by atoms with Gasteiger partial charge in [0, 0.05) is 35.6 Å². The van der Waals surface area contributed by atoms with Gasteiger partial charge >= 0.3 is 12.5 Å². The van der Waals surface area contributed by atoms with E-state index in [9.17, 15) is 18.0 Å². The molecule has 10 nitrogen and oxygen atoms in total. The van der Waals surface area contributed by atoms with Gasteiger partial charge in [0.1, 0.15) is 17.9 Å². The summed E-state index contributed by atoms with van der Waals surface area (Å²) in [5, 5.41) is 12.8. The number of amides is 1. The number of alkyl carbamates (subject to hydrolysis) is 1. The number of ether oxygens (including phenoxy) is 2. The Labute approximate surface area is 201 Å². The Hall–Kier alpha value is -3.42. The van der Waals surface area contributed by atoms with Crippen molar-refractivity contribution in [3.8, 4) is 0 Å². The summed E-state index contributed by atoms with van der Waals surface area (Å²) >= 11 is 0. The fourth-order valence-corrected chi connectivity index (χ4v) is 5.38. The molecule has 14 heteroatoms. The lowest BCUT2D eigenvalue weighted by Crippen LogP contribution is -2.68. The third kappa shape index (κ3) is 4.33. The van der Waals surface area contributed by atoms with E-state index in [1.54, 1.807) is 6.07 Å². The number of carbonyl (C=O) groups is 1. The van der Waals surface area contributed by atoms with Crippen LogP contribution in [0.4, 0.5) is 34.1 Å². The molecule has 192 valence electrons. The van der Waals surface area contributed by atoms with Crippen LogP contribution in [-0.4, -0.2) is 54.8 Å². The molecule has 4 saturated carbocycles. The summed E-state index contributed by atoms with van der Waals surface area (Å²) in [7, 11) is 0. The predicted octanol–water partition coefficient (Wildman–Crippen LogP) is 4.10. The topological polar surface area (TPSA) is 118 Å². The molecular formula is C22H23F4N7O3. The summed E-state index contributed by atoms with van der Waals surface area (Å²) in [5.74, 6) is 0.777. The number of fused-ring (bicyclic) bond motifs is 1. The number of carbonyl (C=O) groups excluding carboxylic acids is 1. The van der Waals surface area contributed by atoms with Gasteiger partial charge in [-0.15, -0.1) is 13.2 Å². The van der Waals surface area contributed by atoms with Crippen LogP contribution in [0.1, 0.15) is 49.4 Å². The summed E-state index contributed by atoms with van der Waals surface area (Å²) in [4.78, 5) is 20.5. The molecule has 3 aromatic heterocycles. The van der Waals surface area contributed by atoms with Crippen molar-refractivity contribution in [3.05, 3.63) is 35.9 Å². The largest absolute Gasteiger partial charge is 0.522 e. The Kier molecular flexibility index (Phi) is 5.32. The minimum absolute atomic E-state index is 0.0708. The Morgan fingerprint density at radius 3 is 2.81 bits per heavy atom. The first-order valence-electron chi connectivity index (χ1n) is 11.7. The second-order valence-corrected chi connectivity index (χ2v) is 9.75. The van der Waals surface area contributed by atoms with Crippen LogP contribution in [0, 0.1) is 5.92 Å². The van der Waals surface area contributed by atoms with Crippen molar-refractivity contribution in [2.24, 2.45) is 5.92 Å². The van der Waals surface area contributed by atoms with Gasteiger partial charge in [0.05, 0.1) is 12.3 Å². The minimum Gasteiger partial charge on any atom is -0.443 e. The fraction of sp³-hybridized carbons (Fsp3) is 0.545. The molecule has 4 aliphatic carbocycles. The summed E-state index contributed by atoms with van der Waals surface area (Å²) in [6.07, 6.45) is -0.925. The first-order valence-corrected chi connectivity index (χ1v) is 11.7. The fourth-order valence-electron chi connectivity index (χ4n) is 5.38. The number of aromatic nitrogens is 5. The number of H-pyrrole nitrogens is 1. The third-order valence-electron chi connectivity index (χ3n) is 7.22. The number of anilines is 2. The van der Waals surface area contributed by atoms with E-state index in [2.05, 4.69) is 35.5 Å². The van der Waals surface area contributed by atoms with Gasteiger partial charge in [-0.1, -0.05) is 0 Å². The van der Waals surface area contributed by atoms with Crippen molar-refractivity contribution in [2.45, 2.75) is 68.8 Å². The molecule has 3 atom stereocenters. The second kappa shape index (κ2) is 8.32. The molecule has 3 N–H and O–H groups in total. The van der Waals surface area contributed by atoms with E-state index < -0.39 is 37.3 Å². The minimum atomic E-state index is -4.76. The molecule has 0 aliphatic heterocycles. The first kappa shape index (κ1) is 23.0. The van der Waals surface area contributed by atoms with Crippen LogP contribution in [0.15, 0.2) is 24.5 Å². The van der Waals surface area contributed by atoms with Gasteiger partial charge in [-0.05, 0) is 44.1 Å². The van der Waals surface area contributed by atoms with Crippen molar-refractivity contribution < 1.29 is 31.8 Å². The van der Waals surface area contributed by atoms with E-state index in [1.807, 2.05) is 0 Å². The lowest BCUT2D eigenvalue weighted by atomic mass is 9.50. The molecule has 0 spiro atoms. The van der Waals surface area contributed by atoms with Crippen LogP contribution < -0.4 is 10.6 Å².